The van der Waals surface area contributed by atoms with E-state index in [0.717, 1.165) is 0 Å². The van der Waals surface area contributed by atoms with Crippen molar-refractivity contribution in [2.24, 2.45) is 5.92 Å². The first-order valence-electron chi connectivity index (χ1n) is 10.0. The van der Waals surface area contributed by atoms with Crippen molar-refractivity contribution < 1.29 is 14.4 Å². The maximum absolute atomic E-state index is 12.9. The molecule has 1 saturated carbocycles. The van der Waals surface area contributed by atoms with Gasteiger partial charge in [0.1, 0.15) is 10.0 Å². The Morgan fingerprint density at radius 3 is 2.20 bits per heavy atom. The van der Waals surface area contributed by atoms with Crippen LogP contribution in [0.5, 0.6) is 0 Å². The Labute approximate surface area is 225 Å². The number of carbonyl (C=O) groups excluding carboxylic acids is 3. The first kappa shape index (κ1) is 25.5. The van der Waals surface area contributed by atoms with Gasteiger partial charge in [-0.25, -0.2) is 0 Å². The zero-order chi connectivity index (χ0) is 25.3. The molecule has 1 aliphatic rings. The number of halogens is 5. The smallest absolute Gasteiger partial charge is 0.288 e. The average Bonchev–Trinajstić information content (AvgIpc) is 3.40. The number of carbonyl (C=O) groups is 3. The molecule has 1 aliphatic carbocycles. The lowest BCUT2D eigenvalue weighted by Gasteiger charge is -2.11. The number of anilines is 1. The Hall–Kier alpha value is -2.55. The molecule has 12 heteroatoms. The van der Waals surface area contributed by atoms with Gasteiger partial charge in [-0.1, -0.05) is 40.9 Å². The molecule has 4 rings (SSSR count). The first-order valence-corrected chi connectivity index (χ1v) is 11.9. The van der Waals surface area contributed by atoms with Gasteiger partial charge in [-0.2, -0.15) is 0 Å². The van der Waals surface area contributed by atoms with Crippen LogP contribution in [0.4, 0.5) is 5.69 Å². The molecular formula is C23H15Cl5N4O3. The van der Waals surface area contributed by atoms with Crippen molar-refractivity contribution >= 4 is 81.4 Å². The van der Waals surface area contributed by atoms with E-state index in [1.807, 2.05) is 0 Å². The third kappa shape index (κ3) is 5.66. The summed E-state index contributed by atoms with van der Waals surface area (Å²) < 4.78 is -1.36. The SMILES string of the molecule is O=C(NNC(=O)c1cc(NC(=O)C2C(c3cc(Cl)cc(Cl)c3)C2(Cl)Cl)ccc1Cl)c1ccccn1. The number of alkyl halides is 2. The summed E-state index contributed by atoms with van der Waals surface area (Å²) in [4.78, 5) is 41.5. The van der Waals surface area contributed by atoms with E-state index in [1.54, 1.807) is 30.3 Å². The van der Waals surface area contributed by atoms with Crippen molar-refractivity contribution in [1.82, 2.24) is 15.8 Å². The minimum absolute atomic E-state index is 0.0165. The van der Waals surface area contributed by atoms with Gasteiger partial charge in [0, 0.05) is 27.8 Å². The van der Waals surface area contributed by atoms with Crippen LogP contribution < -0.4 is 16.2 Å². The summed E-state index contributed by atoms with van der Waals surface area (Å²) in [6, 6.07) is 13.9. The van der Waals surface area contributed by atoms with E-state index < -0.39 is 33.9 Å². The topological polar surface area (TPSA) is 100 Å². The minimum Gasteiger partial charge on any atom is -0.326 e. The van der Waals surface area contributed by atoms with Crippen LogP contribution in [0.25, 0.3) is 0 Å². The van der Waals surface area contributed by atoms with Crippen LogP contribution in [0.15, 0.2) is 60.8 Å². The normalized spacial score (nSPS) is 17.9. The summed E-state index contributed by atoms with van der Waals surface area (Å²) in [6.07, 6.45) is 1.45. The number of hydrogen-bond acceptors (Lipinski definition) is 4. The second-order valence-electron chi connectivity index (χ2n) is 7.64. The minimum atomic E-state index is -1.36. The number of rotatable bonds is 5. The van der Waals surface area contributed by atoms with Gasteiger partial charge in [-0.15, -0.1) is 23.2 Å². The molecule has 0 bridgehead atoms. The third-order valence-corrected chi connectivity index (χ3v) is 6.95. The van der Waals surface area contributed by atoms with Gasteiger partial charge < -0.3 is 5.32 Å². The number of benzene rings is 2. The average molecular weight is 573 g/mol. The highest BCUT2D eigenvalue weighted by atomic mass is 35.5. The van der Waals surface area contributed by atoms with E-state index in [1.165, 1.54) is 30.5 Å². The summed E-state index contributed by atoms with van der Waals surface area (Å²) in [5.74, 6) is -3.09. The summed E-state index contributed by atoms with van der Waals surface area (Å²) in [7, 11) is 0. The molecule has 1 heterocycles. The van der Waals surface area contributed by atoms with E-state index in [9.17, 15) is 14.4 Å². The molecule has 3 aromatic rings. The van der Waals surface area contributed by atoms with Crippen molar-refractivity contribution in [3.63, 3.8) is 0 Å². The molecule has 180 valence electrons. The Morgan fingerprint density at radius 2 is 1.54 bits per heavy atom. The Morgan fingerprint density at radius 1 is 0.857 bits per heavy atom. The monoisotopic (exact) mass is 570 g/mol. The summed E-state index contributed by atoms with van der Waals surface area (Å²) in [5.41, 5.74) is 5.56. The molecule has 1 fully saturated rings. The number of pyridine rings is 1. The van der Waals surface area contributed by atoms with E-state index in [0.29, 0.717) is 15.6 Å². The zero-order valence-corrected chi connectivity index (χ0v) is 21.3. The lowest BCUT2D eigenvalue weighted by atomic mass is 10.1. The first-order chi connectivity index (χ1) is 16.6. The van der Waals surface area contributed by atoms with Gasteiger partial charge in [0.05, 0.1) is 16.5 Å². The molecule has 35 heavy (non-hydrogen) atoms. The number of nitrogens with zero attached hydrogens (tertiary/aromatic N) is 1. The summed E-state index contributed by atoms with van der Waals surface area (Å²) in [6.45, 7) is 0. The highest BCUT2D eigenvalue weighted by Crippen LogP contribution is 2.65. The lowest BCUT2D eigenvalue weighted by molar-refractivity contribution is -0.117. The highest BCUT2D eigenvalue weighted by molar-refractivity contribution is 6.53. The Bertz CT molecular complexity index is 1300. The Kier molecular flexibility index (Phi) is 7.45. The van der Waals surface area contributed by atoms with Crippen molar-refractivity contribution in [2.75, 3.05) is 5.32 Å². The molecule has 0 saturated heterocycles. The van der Waals surface area contributed by atoms with Crippen molar-refractivity contribution in [2.45, 2.75) is 10.3 Å². The third-order valence-electron chi connectivity index (χ3n) is 5.25. The van der Waals surface area contributed by atoms with Crippen LogP contribution in [0.2, 0.25) is 15.1 Å². The van der Waals surface area contributed by atoms with E-state index in [4.69, 9.17) is 58.0 Å². The van der Waals surface area contributed by atoms with Gasteiger partial charge in [-0.3, -0.25) is 30.2 Å². The fraction of sp³-hybridized carbons (Fsp3) is 0.130. The molecule has 2 atom stereocenters. The summed E-state index contributed by atoms with van der Waals surface area (Å²) >= 11 is 31.1. The Balaban J connectivity index is 1.44. The van der Waals surface area contributed by atoms with Gasteiger partial charge in [-0.05, 0) is 54.1 Å². The predicted octanol–water partition coefficient (Wildman–Crippen LogP) is 5.64. The number of hydrogen-bond donors (Lipinski definition) is 3. The molecule has 2 aromatic carbocycles. The molecule has 3 N–H and O–H groups in total. The van der Waals surface area contributed by atoms with Gasteiger partial charge in [0.2, 0.25) is 5.91 Å². The maximum Gasteiger partial charge on any atom is 0.288 e. The molecule has 7 nitrogen and oxygen atoms in total. The van der Waals surface area contributed by atoms with E-state index in [-0.39, 0.29) is 22.0 Å². The standard InChI is InChI=1S/C23H15Cl5N4O3/c24-12-7-11(8-13(25)9-12)18-19(23(18,27)28)22(35)30-14-4-5-16(26)15(10-14)20(33)31-32-21(34)17-3-1-2-6-29-17/h1-10,18-19H,(H,30,35)(H,31,33)(H,32,34). The quantitative estimate of drug-likeness (QED) is 0.272. The van der Waals surface area contributed by atoms with E-state index in [2.05, 4.69) is 21.2 Å². The summed E-state index contributed by atoms with van der Waals surface area (Å²) in [5, 5.41) is 3.59. The number of amides is 3. The lowest BCUT2D eigenvalue weighted by Crippen LogP contribution is -2.42. The molecule has 0 spiro atoms. The second kappa shape index (κ2) is 10.2. The highest BCUT2D eigenvalue weighted by Gasteiger charge is 2.67. The fourth-order valence-corrected chi connectivity index (χ4v) is 5.14. The van der Waals surface area contributed by atoms with Crippen molar-refractivity contribution in [3.8, 4) is 0 Å². The number of hydrazine groups is 1. The molecule has 0 radical (unpaired) electrons. The van der Waals surface area contributed by atoms with Crippen LogP contribution in [0.1, 0.15) is 32.3 Å². The van der Waals surface area contributed by atoms with Gasteiger partial charge >= 0.3 is 0 Å². The van der Waals surface area contributed by atoms with Crippen LogP contribution >= 0.6 is 58.0 Å². The second-order valence-corrected chi connectivity index (χ2v) is 10.4. The van der Waals surface area contributed by atoms with Crippen molar-refractivity contribution in [1.29, 1.82) is 0 Å². The van der Waals surface area contributed by atoms with Gasteiger partial charge in [0.15, 0.2) is 0 Å². The van der Waals surface area contributed by atoms with E-state index >= 15 is 0 Å². The van der Waals surface area contributed by atoms with Crippen LogP contribution in [-0.2, 0) is 4.79 Å². The van der Waals surface area contributed by atoms with Crippen LogP contribution in [0, 0.1) is 5.92 Å². The molecule has 2 unspecified atom stereocenters. The molecule has 3 amide bonds. The van der Waals surface area contributed by atoms with Crippen molar-refractivity contribution in [3.05, 3.63) is 92.7 Å². The number of nitrogens with one attached hydrogen (secondary N) is 3. The molecule has 1 aromatic heterocycles. The number of aromatic nitrogens is 1. The largest absolute Gasteiger partial charge is 0.326 e. The fourth-order valence-electron chi connectivity index (χ4n) is 3.56. The van der Waals surface area contributed by atoms with Crippen LogP contribution in [0.3, 0.4) is 0 Å². The predicted molar refractivity (Wildman–Crippen MR) is 136 cm³/mol. The van der Waals surface area contributed by atoms with Crippen LogP contribution in [-0.4, -0.2) is 27.0 Å². The van der Waals surface area contributed by atoms with Gasteiger partial charge in [0.25, 0.3) is 11.8 Å². The molecular weight excluding hydrogens is 558 g/mol. The maximum atomic E-state index is 12.9. The zero-order valence-electron chi connectivity index (χ0n) is 17.5. The molecule has 0 aliphatic heterocycles.